The van der Waals surface area contributed by atoms with Gasteiger partial charge in [-0.25, -0.2) is 0 Å². The van der Waals surface area contributed by atoms with Crippen LogP contribution in [0, 0.1) is 0 Å². The second kappa shape index (κ2) is 4.12. The monoisotopic (exact) mass is 215 g/mol. The average molecular weight is 215 g/mol. The van der Waals surface area contributed by atoms with Crippen molar-refractivity contribution in [1.29, 1.82) is 0 Å². The van der Waals surface area contributed by atoms with Gasteiger partial charge < -0.3 is 4.90 Å². The molecule has 3 rings (SSSR count). The minimum atomic E-state index is 0.527. The zero-order valence-electron chi connectivity index (χ0n) is 9.99. The number of para-hydroxylation sites is 1. The first-order chi connectivity index (χ1) is 7.91. The molecule has 1 saturated heterocycles. The van der Waals surface area contributed by atoms with E-state index in [0.717, 1.165) is 0 Å². The first-order valence-electron chi connectivity index (χ1n) is 6.73. The molecule has 0 amide bonds. The van der Waals surface area contributed by atoms with Crippen molar-refractivity contribution < 1.29 is 0 Å². The molecule has 1 aliphatic carbocycles. The number of hydrogen-bond donors (Lipinski definition) is 0. The molecule has 2 fully saturated rings. The third kappa shape index (κ3) is 1.63. The van der Waals surface area contributed by atoms with Crippen molar-refractivity contribution in [3.05, 3.63) is 30.3 Å². The van der Waals surface area contributed by atoms with Crippen molar-refractivity contribution in [1.82, 2.24) is 0 Å². The van der Waals surface area contributed by atoms with Crippen LogP contribution in [0.2, 0.25) is 0 Å². The molecule has 0 unspecified atom stereocenters. The molecular weight excluding hydrogens is 194 g/mol. The number of nitrogens with zero attached hydrogens (tertiary/aromatic N) is 1. The zero-order valence-corrected chi connectivity index (χ0v) is 9.99. The first kappa shape index (κ1) is 10.2. The maximum Gasteiger partial charge on any atom is 0.0403 e. The topological polar surface area (TPSA) is 3.24 Å². The molecule has 1 saturated carbocycles. The fourth-order valence-corrected chi connectivity index (χ4v) is 3.68. The van der Waals surface area contributed by atoms with E-state index >= 15 is 0 Å². The predicted molar refractivity (Wildman–Crippen MR) is 68.8 cm³/mol. The van der Waals surface area contributed by atoms with E-state index in [-0.39, 0.29) is 0 Å². The average Bonchev–Trinajstić information content (AvgIpc) is 2.75. The minimum absolute atomic E-state index is 0.527. The molecule has 0 atom stereocenters. The molecule has 1 aromatic carbocycles. The summed E-state index contributed by atoms with van der Waals surface area (Å²) in [5.74, 6) is 0. The summed E-state index contributed by atoms with van der Waals surface area (Å²) in [7, 11) is 0. The molecule has 86 valence electrons. The summed E-state index contributed by atoms with van der Waals surface area (Å²) in [5, 5.41) is 0. The number of anilines is 1. The molecule has 1 heterocycles. The Labute approximate surface area is 98.5 Å². The summed E-state index contributed by atoms with van der Waals surface area (Å²) in [6, 6.07) is 11.0. The normalized spacial score (nSPS) is 23.9. The molecule has 1 nitrogen and oxygen atoms in total. The molecule has 2 aliphatic rings. The van der Waals surface area contributed by atoms with Crippen LogP contribution in [0.1, 0.15) is 44.9 Å². The van der Waals surface area contributed by atoms with Crippen molar-refractivity contribution in [2.45, 2.75) is 50.5 Å². The number of benzene rings is 1. The summed E-state index contributed by atoms with van der Waals surface area (Å²) in [5.41, 5.74) is 1.97. The summed E-state index contributed by atoms with van der Waals surface area (Å²) >= 11 is 0. The van der Waals surface area contributed by atoms with E-state index in [0.29, 0.717) is 5.54 Å². The standard InChI is InChI=1S/C15H21N/c1-3-8-14(9-4-1)16-13-7-12-15(16)10-5-2-6-11-15/h1,3-4,8-9H,2,5-7,10-13H2. The van der Waals surface area contributed by atoms with Crippen LogP contribution < -0.4 is 4.90 Å². The van der Waals surface area contributed by atoms with Gasteiger partial charge in [-0.15, -0.1) is 0 Å². The lowest BCUT2D eigenvalue weighted by Gasteiger charge is -2.43. The van der Waals surface area contributed by atoms with Crippen LogP contribution in [0.3, 0.4) is 0 Å². The van der Waals surface area contributed by atoms with E-state index < -0.39 is 0 Å². The van der Waals surface area contributed by atoms with E-state index in [1.807, 2.05) is 0 Å². The van der Waals surface area contributed by atoms with Crippen LogP contribution in [0.4, 0.5) is 5.69 Å². The van der Waals surface area contributed by atoms with Crippen LogP contribution in [-0.2, 0) is 0 Å². The molecule has 1 heteroatoms. The smallest absolute Gasteiger partial charge is 0.0403 e. The minimum Gasteiger partial charge on any atom is -0.366 e. The predicted octanol–water partition coefficient (Wildman–Crippen LogP) is 3.99. The Morgan fingerprint density at radius 3 is 2.25 bits per heavy atom. The van der Waals surface area contributed by atoms with Gasteiger partial charge in [-0.05, 0) is 37.8 Å². The highest BCUT2D eigenvalue weighted by Gasteiger charge is 2.41. The lowest BCUT2D eigenvalue weighted by Crippen LogP contribution is -2.45. The van der Waals surface area contributed by atoms with Gasteiger partial charge in [-0.3, -0.25) is 0 Å². The van der Waals surface area contributed by atoms with Gasteiger partial charge in [-0.1, -0.05) is 37.5 Å². The highest BCUT2D eigenvalue weighted by molar-refractivity contribution is 5.50. The first-order valence-corrected chi connectivity index (χ1v) is 6.73. The Balaban J connectivity index is 1.89. The Kier molecular flexibility index (Phi) is 2.62. The SMILES string of the molecule is c1ccc(N2CCCC23CCCCC3)cc1. The van der Waals surface area contributed by atoms with Crippen LogP contribution >= 0.6 is 0 Å². The van der Waals surface area contributed by atoms with E-state index in [1.165, 1.54) is 57.2 Å². The van der Waals surface area contributed by atoms with Crippen molar-refractivity contribution in [2.75, 3.05) is 11.4 Å². The summed E-state index contributed by atoms with van der Waals surface area (Å²) < 4.78 is 0. The molecule has 16 heavy (non-hydrogen) atoms. The Bertz CT molecular complexity index is 338. The zero-order chi connectivity index (χ0) is 10.8. The summed E-state index contributed by atoms with van der Waals surface area (Å²) in [4.78, 5) is 2.70. The molecule has 1 aromatic rings. The van der Waals surface area contributed by atoms with Crippen molar-refractivity contribution in [3.8, 4) is 0 Å². The second-order valence-electron chi connectivity index (χ2n) is 5.38. The van der Waals surface area contributed by atoms with Gasteiger partial charge in [0.2, 0.25) is 0 Å². The van der Waals surface area contributed by atoms with Gasteiger partial charge in [0, 0.05) is 17.8 Å². The van der Waals surface area contributed by atoms with E-state index in [4.69, 9.17) is 0 Å². The van der Waals surface area contributed by atoms with Crippen molar-refractivity contribution in [2.24, 2.45) is 0 Å². The Morgan fingerprint density at radius 1 is 0.812 bits per heavy atom. The molecule has 0 N–H and O–H groups in total. The van der Waals surface area contributed by atoms with E-state index in [9.17, 15) is 0 Å². The van der Waals surface area contributed by atoms with Crippen molar-refractivity contribution in [3.63, 3.8) is 0 Å². The van der Waals surface area contributed by atoms with Gasteiger partial charge in [-0.2, -0.15) is 0 Å². The number of hydrogen-bond acceptors (Lipinski definition) is 1. The largest absolute Gasteiger partial charge is 0.366 e. The van der Waals surface area contributed by atoms with Crippen molar-refractivity contribution >= 4 is 5.69 Å². The maximum atomic E-state index is 2.70. The molecule has 0 bridgehead atoms. The summed E-state index contributed by atoms with van der Waals surface area (Å²) in [6.07, 6.45) is 9.96. The number of rotatable bonds is 1. The van der Waals surface area contributed by atoms with Gasteiger partial charge in [0.05, 0.1) is 0 Å². The van der Waals surface area contributed by atoms with Crippen LogP contribution in [0.25, 0.3) is 0 Å². The summed E-state index contributed by atoms with van der Waals surface area (Å²) in [6.45, 7) is 1.27. The van der Waals surface area contributed by atoms with E-state index in [2.05, 4.69) is 35.2 Å². The maximum absolute atomic E-state index is 2.70. The van der Waals surface area contributed by atoms with Gasteiger partial charge in [0.25, 0.3) is 0 Å². The molecule has 0 radical (unpaired) electrons. The molecule has 1 spiro atoms. The van der Waals surface area contributed by atoms with Crippen LogP contribution in [0.5, 0.6) is 0 Å². The molecule has 1 aliphatic heterocycles. The van der Waals surface area contributed by atoms with Gasteiger partial charge in [0.15, 0.2) is 0 Å². The van der Waals surface area contributed by atoms with Gasteiger partial charge >= 0.3 is 0 Å². The fourth-order valence-electron chi connectivity index (χ4n) is 3.68. The van der Waals surface area contributed by atoms with Crippen LogP contribution in [-0.4, -0.2) is 12.1 Å². The highest BCUT2D eigenvalue weighted by atomic mass is 15.2. The Hall–Kier alpha value is -0.980. The third-order valence-corrected chi connectivity index (χ3v) is 4.45. The van der Waals surface area contributed by atoms with Crippen LogP contribution in [0.15, 0.2) is 30.3 Å². The quantitative estimate of drug-likeness (QED) is 0.684. The highest BCUT2D eigenvalue weighted by Crippen LogP contribution is 2.43. The molecule has 0 aromatic heterocycles. The lowest BCUT2D eigenvalue weighted by atomic mass is 9.79. The fraction of sp³-hybridized carbons (Fsp3) is 0.600. The molecular formula is C15H21N. The third-order valence-electron chi connectivity index (χ3n) is 4.45. The van der Waals surface area contributed by atoms with Gasteiger partial charge in [0.1, 0.15) is 0 Å². The second-order valence-corrected chi connectivity index (χ2v) is 5.38. The lowest BCUT2D eigenvalue weighted by molar-refractivity contribution is 0.297. The van der Waals surface area contributed by atoms with E-state index in [1.54, 1.807) is 0 Å². The Morgan fingerprint density at radius 2 is 1.50 bits per heavy atom.